The van der Waals surface area contributed by atoms with Crippen molar-refractivity contribution < 1.29 is 14.3 Å². The van der Waals surface area contributed by atoms with Gasteiger partial charge in [0.2, 0.25) is 10.9 Å². The first-order chi connectivity index (χ1) is 16.9. The molecule has 0 aliphatic rings. The molecule has 180 valence electrons. The molecule has 0 fully saturated rings. The van der Waals surface area contributed by atoms with E-state index >= 15 is 0 Å². The van der Waals surface area contributed by atoms with Crippen molar-refractivity contribution in [3.8, 4) is 0 Å². The molecule has 2 aromatic heterocycles. The highest BCUT2D eigenvalue weighted by Gasteiger charge is 2.19. The number of fused-ring (bicyclic) bond motifs is 1. The summed E-state index contributed by atoms with van der Waals surface area (Å²) in [5, 5.41) is 7.98. The van der Waals surface area contributed by atoms with Gasteiger partial charge in [0.1, 0.15) is 11.6 Å². The van der Waals surface area contributed by atoms with Crippen molar-refractivity contribution >= 4 is 33.9 Å². The number of nitrogens with zero attached hydrogens (tertiary/aromatic N) is 3. The van der Waals surface area contributed by atoms with Gasteiger partial charge in [-0.3, -0.25) is 9.59 Å². The molecule has 35 heavy (non-hydrogen) atoms. The average Bonchev–Trinajstić information content (AvgIpc) is 3.29. The number of nitrogens with one attached hydrogen (secondary N) is 1. The Balaban J connectivity index is 1.43. The summed E-state index contributed by atoms with van der Waals surface area (Å²) in [5.41, 5.74) is 1.75. The van der Waals surface area contributed by atoms with Crippen LogP contribution in [0.5, 0.6) is 0 Å². The maximum Gasteiger partial charge on any atom is 0.338 e. The summed E-state index contributed by atoms with van der Waals surface area (Å²) in [6.07, 6.45) is 0.646. The van der Waals surface area contributed by atoms with Gasteiger partial charge in [-0.2, -0.15) is 9.61 Å². The minimum Gasteiger partial charge on any atom is -0.456 e. The summed E-state index contributed by atoms with van der Waals surface area (Å²) in [5.74, 6) is -0.844. The molecule has 1 atom stereocenters. The second-order valence-corrected chi connectivity index (χ2v) is 9.38. The molecule has 4 rings (SSSR count). The molecule has 9 heteroatoms. The lowest BCUT2D eigenvalue weighted by Crippen LogP contribution is -2.21. The standard InChI is InChI=1S/C26H26N4O4S/c1-4-21(17-9-6-5-7-10-17)23(32)27-19-12-8-11-18(13-19)25(33)34-15-20-14-22(31)30-26(28-20)35-24(29-30)16(2)3/h5-14,16,21H,4,15H2,1-3H3,(H,27,32)/t21-/m1/s1. The highest BCUT2D eigenvalue weighted by Crippen LogP contribution is 2.23. The van der Waals surface area contributed by atoms with Crippen molar-refractivity contribution in [3.63, 3.8) is 0 Å². The van der Waals surface area contributed by atoms with Gasteiger partial charge in [0.25, 0.3) is 5.56 Å². The maximum atomic E-state index is 12.8. The second kappa shape index (κ2) is 10.6. The van der Waals surface area contributed by atoms with E-state index in [9.17, 15) is 14.4 Å². The fraction of sp³-hybridized carbons (Fsp3) is 0.269. The van der Waals surface area contributed by atoms with E-state index in [4.69, 9.17) is 4.74 Å². The van der Waals surface area contributed by atoms with Crippen LogP contribution in [0.25, 0.3) is 4.96 Å². The number of aromatic nitrogens is 3. The minimum absolute atomic E-state index is 0.146. The summed E-state index contributed by atoms with van der Waals surface area (Å²) < 4.78 is 6.65. The Labute approximate surface area is 206 Å². The van der Waals surface area contributed by atoms with Gasteiger partial charge in [0, 0.05) is 17.7 Å². The highest BCUT2D eigenvalue weighted by atomic mass is 32.1. The Morgan fingerprint density at radius 2 is 1.86 bits per heavy atom. The lowest BCUT2D eigenvalue weighted by Gasteiger charge is -2.15. The van der Waals surface area contributed by atoms with Crippen LogP contribution in [-0.4, -0.2) is 26.5 Å². The Morgan fingerprint density at radius 1 is 1.09 bits per heavy atom. The summed E-state index contributed by atoms with van der Waals surface area (Å²) >= 11 is 1.33. The lowest BCUT2D eigenvalue weighted by atomic mass is 9.95. The maximum absolute atomic E-state index is 12.8. The van der Waals surface area contributed by atoms with Crippen molar-refractivity contribution in [1.82, 2.24) is 14.6 Å². The van der Waals surface area contributed by atoms with E-state index in [1.807, 2.05) is 51.1 Å². The fourth-order valence-electron chi connectivity index (χ4n) is 3.61. The number of rotatable bonds is 8. The molecular formula is C26H26N4O4S. The fourth-order valence-corrected chi connectivity index (χ4v) is 4.54. The largest absolute Gasteiger partial charge is 0.456 e. The molecule has 0 radical (unpaired) electrons. The number of amides is 1. The van der Waals surface area contributed by atoms with E-state index in [1.54, 1.807) is 24.3 Å². The van der Waals surface area contributed by atoms with Crippen LogP contribution in [0, 0.1) is 0 Å². The van der Waals surface area contributed by atoms with Gasteiger partial charge in [-0.15, -0.1) is 0 Å². The first-order valence-corrected chi connectivity index (χ1v) is 12.2. The summed E-state index contributed by atoms with van der Waals surface area (Å²) in [4.78, 5) is 42.7. The van der Waals surface area contributed by atoms with E-state index in [-0.39, 0.29) is 35.5 Å². The quantitative estimate of drug-likeness (QED) is 0.357. The van der Waals surface area contributed by atoms with Gasteiger partial charge >= 0.3 is 5.97 Å². The monoisotopic (exact) mass is 490 g/mol. The second-order valence-electron chi connectivity index (χ2n) is 8.39. The highest BCUT2D eigenvalue weighted by molar-refractivity contribution is 7.16. The number of anilines is 1. The molecule has 1 N–H and O–H groups in total. The van der Waals surface area contributed by atoms with Crippen molar-refractivity contribution in [2.45, 2.75) is 45.6 Å². The summed E-state index contributed by atoms with van der Waals surface area (Å²) in [7, 11) is 0. The summed E-state index contributed by atoms with van der Waals surface area (Å²) in [6, 6.07) is 17.5. The molecule has 4 aromatic rings. The minimum atomic E-state index is -0.578. The van der Waals surface area contributed by atoms with Gasteiger partial charge in [-0.1, -0.05) is 68.5 Å². The lowest BCUT2D eigenvalue weighted by molar-refractivity contribution is -0.117. The third kappa shape index (κ3) is 5.63. The zero-order chi connectivity index (χ0) is 24.9. The van der Waals surface area contributed by atoms with E-state index < -0.39 is 5.97 Å². The van der Waals surface area contributed by atoms with Gasteiger partial charge in [0.05, 0.1) is 17.2 Å². The topological polar surface area (TPSA) is 103 Å². The smallest absolute Gasteiger partial charge is 0.338 e. The first kappa shape index (κ1) is 24.3. The normalized spacial score (nSPS) is 12.0. The van der Waals surface area contributed by atoms with Crippen LogP contribution in [0.2, 0.25) is 0 Å². The first-order valence-electron chi connectivity index (χ1n) is 11.4. The van der Waals surface area contributed by atoms with Crippen molar-refractivity contribution in [2.24, 2.45) is 0 Å². The van der Waals surface area contributed by atoms with Crippen LogP contribution in [-0.2, 0) is 16.1 Å². The number of carbonyl (C=O) groups excluding carboxylic acids is 2. The van der Waals surface area contributed by atoms with Crippen LogP contribution in [0.1, 0.15) is 65.7 Å². The Bertz CT molecular complexity index is 1410. The number of ether oxygens (including phenoxy) is 1. The zero-order valence-electron chi connectivity index (χ0n) is 19.7. The van der Waals surface area contributed by atoms with E-state index in [0.717, 1.165) is 10.6 Å². The molecule has 0 aliphatic heterocycles. The predicted molar refractivity (Wildman–Crippen MR) is 135 cm³/mol. The number of hydrogen-bond donors (Lipinski definition) is 1. The van der Waals surface area contributed by atoms with Crippen LogP contribution in [0.3, 0.4) is 0 Å². The molecule has 0 bridgehead atoms. The molecule has 8 nitrogen and oxygen atoms in total. The van der Waals surface area contributed by atoms with Crippen LogP contribution >= 0.6 is 11.3 Å². The molecule has 0 saturated heterocycles. The van der Waals surface area contributed by atoms with Crippen molar-refractivity contribution in [1.29, 1.82) is 0 Å². The van der Waals surface area contributed by atoms with Crippen molar-refractivity contribution in [2.75, 3.05) is 5.32 Å². The zero-order valence-corrected chi connectivity index (χ0v) is 20.5. The Hall–Kier alpha value is -3.85. The van der Waals surface area contributed by atoms with Gasteiger partial charge in [-0.05, 0) is 30.2 Å². The van der Waals surface area contributed by atoms with Gasteiger partial charge < -0.3 is 10.1 Å². The molecule has 0 aliphatic carbocycles. The SMILES string of the molecule is CC[C@@H](C(=O)Nc1cccc(C(=O)OCc2cc(=O)n3nc(C(C)C)sc3n2)c1)c1ccccc1. The third-order valence-electron chi connectivity index (χ3n) is 5.45. The number of esters is 1. The van der Waals surface area contributed by atoms with E-state index in [1.165, 1.54) is 21.9 Å². The Morgan fingerprint density at radius 3 is 2.57 bits per heavy atom. The molecular weight excluding hydrogens is 464 g/mol. The molecule has 0 saturated carbocycles. The van der Waals surface area contributed by atoms with Gasteiger partial charge in [0.15, 0.2) is 0 Å². The van der Waals surface area contributed by atoms with Crippen LogP contribution in [0.15, 0.2) is 65.5 Å². The Kier molecular flexibility index (Phi) is 7.36. The summed E-state index contributed by atoms with van der Waals surface area (Å²) in [6.45, 7) is 5.79. The number of benzene rings is 2. The van der Waals surface area contributed by atoms with E-state index in [0.29, 0.717) is 22.8 Å². The number of carbonyl (C=O) groups is 2. The molecule has 0 unspecified atom stereocenters. The van der Waals surface area contributed by atoms with Crippen molar-refractivity contribution in [3.05, 3.63) is 92.8 Å². The third-order valence-corrected chi connectivity index (χ3v) is 6.66. The van der Waals surface area contributed by atoms with Gasteiger partial charge in [-0.25, -0.2) is 9.78 Å². The predicted octanol–water partition coefficient (Wildman–Crippen LogP) is 4.76. The molecule has 0 spiro atoms. The van der Waals surface area contributed by atoms with E-state index in [2.05, 4.69) is 15.4 Å². The molecule has 2 heterocycles. The van der Waals surface area contributed by atoms with Crippen LogP contribution in [0.4, 0.5) is 5.69 Å². The molecule has 2 aromatic carbocycles. The average molecular weight is 491 g/mol. The molecule has 1 amide bonds. The number of hydrogen-bond acceptors (Lipinski definition) is 7. The van der Waals surface area contributed by atoms with Crippen LogP contribution < -0.4 is 10.9 Å².